The summed E-state index contributed by atoms with van der Waals surface area (Å²) < 4.78 is 7.15. The fourth-order valence-electron chi connectivity index (χ4n) is 3.05. The maximum absolute atomic E-state index is 13.2. The third kappa shape index (κ3) is 4.67. The van der Waals surface area contributed by atoms with E-state index in [0.29, 0.717) is 18.7 Å². The number of aliphatic imine (C=N–C) groups is 1. The van der Waals surface area contributed by atoms with E-state index in [-0.39, 0.29) is 11.7 Å². The van der Waals surface area contributed by atoms with Gasteiger partial charge in [0.1, 0.15) is 0 Å². The lowest BCUT2D eigenvalue weighted by Gasteiger charge is -2.06. The van der Waals surface area contributed by atoms with Crippen molar-refractivity contribution in [3.05, 3.63) is 76.6 Å². The highest BCUT2D eigenvalue weighted by atomic mass is 16.5. The van der Waals surface area contributed by atoms with Gasteiger partial charge in [0.2, 0.25) is 0 Å². The highest BCUT2D eigenvalue weighted by molar-refractivity contribution is 6.03. The molecule has 0 atom stereocenters. The van der Waals surface area contributed by atoms with Crippen LogP contribution in [-0.4, -0.2) is 34.7 Å². The number of nitrogens with one attached hydrogen (secondary N) is 1. The highest BCUT2D eigenvalue weighted by Crippen LogP contribution is 2.21. The van der Waals surface area contributed by atoms with Crippen LogP contribution in [0.2, 0.25) is 0 Å². The molecule has 0 radical (unpaired) electrons. The topological polar surface area (TPSA) is 59.4 Å². The van der Waals surface area contributed by atoms with Gasteiger partial charge in [0.25, 0.3) is 5.56 Å². The van der Waals surface area contributed by atoms with Crippen molar-refractivity contribution in [2.24, 2.45) is 4.99 Å². The Morgan fingerprint density at radius 3 is 2.36 bits per heavy atom. The van der Waals surface area contributed by atoms with E-state index in [1.54, 1.807) is 4.68 Å². The average molecular weight is 377 g/mol. The number of H-pyrrole nitrogens is 1. The molecule has 0 aliphatic carbocycles. The molecule has 0 aliphatic heterocycles. The Bertz CT molecular complexity index is 970. The van der Waals surface area contributed by atoms with Gasteiger partial charge in [-0.3, -0.25) is 14.9 Å². The van der Waals surface area contributed by atoms with Gasteiger partial charge in [-0.1, -0.05) is 48.5 Å². The predicted molar refractivity (Wildman–Crippen MR) is 115 cm³/mol. The Hall–Kier alpha value is -2.92. The minimum atomic E-state index is -0.0928. The number of hydrogen-bond donors (Lipinski definition) is 1. The van der Waals surface area contributed by atoms with Crippen molar-refractivity contribution in [2.75, 3.05) is 13.2 Å². The first-order chi connectivity index (χ1) is 13.6. The third-order valence-electron chi connectivity index (χ3n) is 4.43. The predicted octanol–water partition coefficient (Wildman–Crippen LogP) is 4.46. The number of para-hydroxylation sites is 1. The molecule has 2 aromatic carbocycles. The van der Waals surface area contributed by atoms with Gasteiger partial charge in [-0.2, -0.15) is 0 Å². The SMILES string of the molecule is CC(=NCCCOC(C)C)c1c(-c2ccccc2)[nH]n(-c2ccccc2)c1=O. The lowest BCUT2D eigenvalue weighted by atomic mass is 10.1. The van der Waals surface area contributed by atoms with E-state index in [1.165, 1.54) is 0 Å². The standard InChI is InChI=1S/C23H27N3O2/c1-17(2)28-16-10-15-24-18(3)21-22(19-11-6-4-7-12-19)25-26(23(21)27)20-13-8-5-9-14-20/h4-9,11-14,17,25H,10,15-16H2,1-3H3. The molecule has 28 heavy (non-hydrogen) atoms. The number of nitrogens with zero attached hydrogens (tertiary/aromatic N) is 2. The molecule has 1 N–H and O–H groups in total. The quantitative estimate of drug-likeness (QED) is 0.465. The summed E-state index contributed by atoms with van der Waals surface area (Å²) in [7, 11) is 0. The fourth-order valence-corrected chi connectivity index (χ4v) is 3.05. The smallest absolute Gasteiger partial charge is 0.280 e. The number of aromatic nitrogens is 2. The number of rotatable bonds is 8. The largest absolute Gasteiger partial charge is 0.379 e. The van der Waals surface area contributed by atoms with Crippen molar-refractivity contribution in [3.63, 3.8) is 0 Å². The van der Waals surface area contributed by atoms with Gasteiger partial charge in [0.15, 0.2) is 0 Å². The van der Waals surface area contributed by atoms with Crippen LogP contribution >= 0.6 is 0 Å². The van der Waals surface area contributed by atoms with Crippen molar-refractivity contribution in [2.45, 2.75) is 33.3 Å². The Balaban J connectivity index is 1.96. The first-order valence-electron chi connectivity index (χ1n) is 9.67. The molecular weight excluding hydrogens is 350 g/mol. The van der Waals surface area contributed by atoms with Crippen LogP contribution in [0.25, 0.3) is 16.9 Å². The molecule has 0 saturated carbocycles. The zero-order valence-electron chi connectivity index (χ0n) is 16.7. The maximum Gasteiger partial charge on any atom is 0.280 e. The summed E-state index contributed by atoms with van der Waals surface area (Å²) in [5, 5.41) is 3.28. The Morgan fingerprint density at radius 1 is 1.07 bits per heavy atom. The third-order valence-corrected chi connectivity index (χ3v) is 4.43. The Labute approximate surface area is 165 Å². The summed E-state index contributed by atoms with van der Waals surface area (Å²) in [5.41, 5.74) is 3.80. The number of hydrogen-bond acceptors (Lipinski definition) is 3. The van der Waals surface area contributed by atoms with Crippen LogP contribution in [0, 0.1) is 0 Å². The summed E-state index contributed by atoms with van der Waals surface area (Å²) >= 11 is 0. The van der Waals surface area contributed by atoms with Gasteiger partial charge in [0, 0.05) is 24.4 Å². The normalized spacial score (nSPS) is 11.9. The molecule has 3 rings (SSSR count). The first kappa shape index (κ1) is 19.8. The lowest BCUT2D eigenvalue weighted by molar-refractivity contribution is 0.0783. The molecule has 0 saturated heterocycles. The molecule has 1 heterocycles. The summed E-state index contributed by atoms with van der Waals surface area (Å²) in [6, 6.07) is 19.5. The molecule has 1 aromatic heterocycles. The maximum atomic E-state index is 13.2. The molecule has 0 unspecified atom stereocenters. The summed E-state index contributed by atoms with van der Waals surface area (Å²) in [6.07, 6.45) is 1.05. The van der Waals surface area contributed by atoms with Crippen molar-refractivity contribution >= 4 is 5.71 Å². The van der Waals surface area contributed by atoms with Crippen molar-refractivity contribution in [1.82, 2.24) is 9.78 Å². The van der Waals surface area contributed by atoms with Crippen LogP contribution in [0.5, 0.6) is 0 Å². The molecule has 0 bridgehead atoms. The lowest BCUT2D eigenvalue weighted by Crippen LogP contribution is -2.19. The summed E-state index contributed by atoms with van der Waals surface area (Å²) in [5.74, 6) is 0. The second-order valence-electron chi connectivity index (χ2n) is 6.94. The van der Waals surface area contributed by atoms with E-state index in [1.807, 2.05) is 81.4 Å². The van der Waals surface area contributed by atoms with Crippen molar-refractivity contribution < 1.29 is 4.74 Å². The molecular formula is C23H27N3O2. The van der Waals surface area contributed by atoms with Crippen LogP contribution in [0.4, 0.5) is 0 Å². The number of ether oxygens (including phenoxy) is 1. The van der Waals surface area contributed by atoms with Gasteiger partial charge < -0.3 is 4.74 Å². The second-order valence-corrected chi connectivity index (χ2v) is 6.94. The molecule has 146 valence electrons. The van der Waals surface area contributed by atoms with Crippen LogP contribution in [0.3, 0.4) is 0 Å². The minimum absolute atomic E-state index is 0.0928. The molecule has 5 nitrogen and oxygen atoms in total. The van der Waals surface area contributed by atoms with Gasteiger partial charge in [-0.15, -0.1) is 0 Å². The average Bonchev–Trinajstić information content (AvgIpc) is 3.06. The van der Waals surface area contributed by atoms with E-state index in [9.17, 15) is 4.79 Å². The van der Waals surface area contributed by atoms with Crippen molar-refractivity contribution in [1.29, 1.82) is 0 Å². The van der Waals surface area contributed by atoms with E-state index >= 15 is 0 Å². The van der Waals surface area contributed by atoms with E-state index < -0.39 is 0 Å². The molecule has 5 heteroatoms. The van der Waals surface area contributed by atoms with E-state index in [2.05, 4.69) is 10.1 Å². The van der Waals surface area contributed by atoms with Crippen molar-refractivity contribution in [3.8, 4) is 16.9 Å². The van der Waals surface area contributed by atoms with Crippen LogP contribution in [0.15, 0.2) is 70.5 Å². The molecule has 0 aliphatic rings. The Kier molecular flexibility index (Phi) is 6.61. The van der Waals surface area contributed by atoms with Crippen LogP contribution in [-0.2, 0) is 4.74 Å². The van der Waals surface area contributed by atoms with E-state index in [4.69, 9.17) is 4.74 Å². The summed E-state index contributed by atoms with van der Waals surface area (Å²) in [6.45, 7) is 7.23. The fraction of sp³-hybridized carbons (Fsp3) is 0.304. The molecule has 0 amide bonds. The number of benzene rings is 2. The van der Waals surface area contributed by atoms with Gasteiger partial charge in [-0.05, 0) is 39.3 Å². The van der Waals surface area contributed by atoms with Gasteiger partial charge in [-0.25, -0.2) is 4.68 Å². The zero-order valence-corrected chi connectivity index (χ0v) is 16.7. The monoisotopic (exact) mass is 377 g/mol. The Morgan fingerprint density at radius 2 is 1.71 bits per heavy atom. The second kappa shape index (κ2) is 9.33. The minimum Gasteiger partial charge on any atom is -0.379 e. The van der Waals surface area contributed by atoms with Gasteiger partial charge in [0.05, 0.1) is 23.0 Å². The van der Waals surface area contributed by atoms with Gasteiger partial charge >= 0.3 is 0 Å². The number of aromatic amines is 1. The van der Waals surface area contributed by atoms with Crippen LogP contribution in [0.1, 0.15) is 32.8 Å². The summed E-state index contributed by atoms with van der Waals surface area (Å²) in [4.78, 5) is 17.9. The first-order valence-corrected chi connectivity index (χ1v) is 9.67. The zero-order chi connectivity index (χ0) is 19.9. The molecule has 3 aromatic rings. The molecule has 0 fully saturated rings. The van der Waals surface area contributed by atoms with E-state index in [0.717, 1.165) is 29.1 Å². The molecule has 0 spiro atoms. The van der Waals surface area contributed by atoms with Crippen LogP contribution < -0.4 is 5.56 Å². The highest BCUT2D eigenvalue weighted by Gasteiger charge is 2.18.